The zero-order chi connectivity index (χ0) is 17.5. The number of amides is 2. The first-order chi connectivity index (χ1) is 11.5. The fourth-order valence-corrected chi connectivity index (χ4v) is 2.69. The number of piperazine rings is 1. The second-order valence-electron chi connectivity index (χ2n) is 6.05. The molecule has 26 heavy (non-hydrogen) atoms. The summed E-state index contributed by atoms with van der Waals surface area (Å²) in [6, 6.07) is 5.93. The Hall–Kier alpha value is -1.57. The van der Waals surface area contributed by atoms with Crippen molar-refractivity contribution in [1.82, 2.24) is 15.1 Å². The van der Waals surface area contributed by atoms with Gasteiger partial charge >= 0.3 is 6.03 Å². The van der Waals surface area contributed by atoms with Gasteiger partial charge in [-0.15, -0.1) is 24.8 Å². The van der Waals surface area contributed by atoms with Gasteiger partial charge in [0.25, 0.3) is 0 Å². The number of anilines is 1. The second-order valence-corrected chi connectivity index (χ2v) is 6.05. The van der Waals surface area contributed by atoms with E-state index in [4.69, 9.17) is 9.47 Å². The lowest BCUT2D eigenvalue weighted by atomic mass is 10.2. The standard InChI is InChI=1S/C17H28N4O3.2ClH/c1-19(2)8-7-18-17(22)21-11-9-20(10-12-21)14-5-6-15(23-3)16(13-14)24-4;;/h5-6,13H,7-12H2,1-4H3,(H,18,22);2*1H. The summed E-state index contributed by atoms with van der Waals surface area (Å²) in [6.07, 6.45) is 0. The number of nitrogens with zero attached hydrogens (tertiary/aromatic N) is 3. The van der Waals surface area contributed by atoms with E-state index in [-0.39, 0.29) is 30.8 Å². The Kier molecular flexibility index (Phi) is 11.2. The quantitative estimate of drug-likeness (QED) is 0.779. The van der Waals surface area contributed by atoms with Gasteiger partial charge in [-0.25, -0.2) is 4.79 Å². The minimum Gasteiger partial charge on any atom is -0.493 e. The van der Waals surface area contributed by atoms with Crippen LogP contribution in [0.4, 0.5) is 10.5 Å². The van der Waals surface area contributed by atoms with Crippen LogP contribution in [0.5, 0.6) is 11.5 Å². The van der Waals surface area contributed by atoms with Crippen molar-refractivity contribution in [3.8, 4) is 11.5 Å². The van der Waals surface area contributed by atoms with E-state index in [1.807, 2.05) is 37.2 Å². The molecule has 1 saturated heterocycles. The van der Waals surface area contributed by atoms with Gasteiger partial charge in [0.15, 0.2) is 11.5 Å². The van der Waals surface area contributed by atoms with Crippen molar-refractivity contribution >= 4 is 36.5 Å². The first-order valence-corrected chi connectivity index (χ1v) is 8.19. The average molecular weight is 409 g/mol. The number of benzene rings is 1. The highest BCUT2D eigenvalue weighted by atomic mass is 35.5. The van der Waals surface area contributed by atoms with Crippen molar-refractivity contribution in [3.05, 3.63) is 18.2 Å². The SMILES string of the molecule is COc1ccc(N2CCN(C(=O)NCCN(C)C)CC2)cc1OC.Cl.Cl. The second kappa shape index (κ2) is 11.9. The molecule has 0 radical (unpaired) electrons. The van der Waals surface area contributed by atoms with Crippen LogP contribution in [0.25, 0.3) is 0 Å². The van der Waals surface area contributed by atoms with Crippen molar-refractivity contribution < 1.29 is 14.3 Å². The molecular formula is C17H30Cl2N4O3. The van der Waals surface area contributed by atoms with Gasteiger partial charge in [-0.05, 0) is 26.2 Å². The van der Waals surface area contributed by atoms with Gasteiger partial charge in [0, 0.05) is 51.0 Å². The van der Waals surface area contributed by atoms with E-state index in [0.29, 0.717) is 19.6 Å². The molecule has 0 spiro atoms. The van der Waals surface area contributed by atoms with Crippen LogP contribution in [-0.2, 0) is 0 Å². The Bertz CT molecular complexity index is 553. The third-order valence-electron chi connectivity index (χ3n) is 4.13. The number of carbonyl (C=O) groups excluding carboxylic acids is 1. The molecule has 1 aliphatic heterocycles. The van der Waals surface area contributed by atoms with Crippen molar-refractivity contribution in [2.24, 2.45) is 0 Å². The Morgan fingerprint density at radius 2 is 1.69 bits per heavy atom. The normalized spacial score (nSPS) is 13.6. The number of halogens is 2. The third kappa shape index (κ3) is 6.63. The lowest BCUT2D eigenvalue weighted by Crippen LogP contribution is -2.52. The molecule has 1 aliphatic rings. The Morgan fingerprint density at radius 1 is 1.08 bits per heavy atom. The summed E-state index contributed by atoms with van der Waals surface area (Å²) in [5.74, 6) is 1.44. The maximum atomic E-state index is 12.1. The van der Waals surface area contributed by atoms with E-state index in [1.54, 1.807) is 14.2 Å². The molecular weight excluding hydrogens is 379 g/mol. The van der Waals surface area contributed by atoms with Crippen molar-refractivity contribution in [2.75, 3.05) is 72.5 Å². The molecule has 1 aromatic carbocycles. The van der Waals surface area contributed by atoms with Gasteiger partial charge < -0.3 is 29.5 Å². The van der Waals surface area contributed by atoms with E-state index in [9.17, 15) is 4.79 Å². The fraction of sp³-hybridized carbons (Fsp3) is 0.588. The number of rotatable bonds is 6. The predicted molar refractivity (Wildman–Crippen MR) is 110 cm³/mol. The van der Waals surface area contributed by atoms with Crippen LogP contribution in [0.15, 0.2) is 18.2 Å². The molecule has 0 aliphatic carbocycles. The van der Waals surface area contributed by atoms with Gasteiger partial charge in [0.1, 0.15) is 0 Å². The molecule has 0 bridgehead atoms. The highest BCUT2D eigenvalue weighted by Gasteiger charge is 2.21. The molecule has 0 unspecified atom stereocenters. The minimum atomic E-state index is 0. The van der Waals surface area contributed by atoms with E-state index in [2.05, 4.69) is 15.1 Å². The van der Waals surface area contributed by atoms with Crippen LogP contribution in [-0.4, -0.2) is 83.4 Å². The molecule has 0 saturated carbocycles. The summed E-state index contributed by atoms with van der Waals surface area (Å²) in [4.78, 5) is 18.3. The molecule has 1 fully saturated rings. The Morgan fingerprint density at radius 3 is 2.23 bits per heavy atom. The van der Waals surface area contributed by atoms with Crippen LogP contribution < -0.4 is 19.7 Å². The summed E-state index contributed by atoms with van der Waals surface area (Å²) in [5, 5.41) is 2.96. The molecule has 7 nitrogen and oxygen atoms in total. The zero-order valence-electron chi connectivity index (χ0n) is 15.9. The minimum absolute atomic E-state index is 0. The van der Waals surface area contributed by atoms with E-state index < -0.39 is 0 Å². The smallest absolute Gasteiger partial charge is 0.317 e. The lowest BCUT2D eigenvalue weighted by molar-refractivity contribution is 0.193. The molecule has 1 N–H and O–H groups in total. The van der Waals surface area contributed by atoms with Crippen molar-refractivity contribution in [2.45, 2.75) is 0 Å². The number of hydrogen-bond acceptors (Lipinski definition) is 5. The van der Waals surface area contributed by atoms with Crippen LogP contribution in [0, 0.1) is 0 Å². The highest BCUT2D eigenvalue weighted by molar-refractivity contribution is 5.85. The van der Waals surface area contributed by atoms with E-state index in [0.717, 1.165) is 36.8 Å². The number of hydrogen-bond donors (Lipinski definition) is 1. The topological polar surface area (TPSA) is 57.3 Å². The van der Waals surface area contributed by atoms with Gasteiger partial charge in [-0.3, -0.25) is 0 Å². The number of nitrogens with one attached hydrogen (secondary N) is 1. The number of likely N-dealkylation sites (N-methyl/N-ethyl adjacent to an activating group) is 1. The summed E-state index contributed by atoms with van der Waals surface area (Å²) in [6.45, 7) is 4.54. The number of ether oxygens (including phenoxy) is 2. The first kappa shape index (κ1) is 24.4. The number of urea groups is 1. The molecule has 2 amide bonds. The molecule has 150 valence electrons. The van der Waals surface area contributed by atoms with Crippen LogP contribution in [0.3, 0.4) is 0 Å². The zero-order valence-corrected chi connectivity index (χ0v) is 17.5. The van der Waals surface area contributed by atoms with Gasteiger partial charge in [0.2, 0.25) is 0 Å². The Labute approximate surface area is 168 Å². The van der Waals surface area contributed by atoms with Gasteiger partial charge in [-0.1, -0.05) is 0 Å². The fourth-order valence-electron chi connectivity index (χ4n) is 2.69. The monoisotopic (exact) mass is 408 g/mol. The average Bonchev–Trinajstić information content (AvgIpc) is 2.60. The van der Waals surface area contributed by atoms with E-state index >= 15 is 0 Å². The van der Waals surface area contributed by atoms with Crippen molar-refractivity contribution in [3.63, 3.8) is 0 Å². The molecule has 1 aromatic rings. The predicted octanol–water partition coefficient (Wildman–Crippen LogP) is 1.94. The largest absolute Gasteiger partial charge is 0.493 e. The summed E-state index contributed by atoms with van der Waals surface area (Å²) in [7, 11) is 7.25. The van der Waals surface area contributed by atoms with Crippen LogP contribution in [0.1, 0.15) is 0 Å². The Balaban J connectivity index is 0.00000312. The maximum absolute atomic E-state index is 12.1. The number of methoxy groups -OCH3 is 2. The molecule has 2 rings (SSSR count). The van der Waals surface area contributed by atoms with Gasteiger partial charge in [-0.2, -0.15) is 0 Å². The molecule has 0 atom stereocenters. The maximum Gasteiger partial charge on any atom is 0.317 e. The van der Waals surface area contributed by atoms with Crippen LogP contribution in [0.2, 0.25) is 0 Å². The summed E-state index contributed by atoms with van der Waals surface area (Å²) >= 11 is 0. The lowest BCUT2D eigenvalue weighted by Gasteiger charge is -2.36. The van der Waals surface area contributed by atoms with Gasteiger partial charge in [0.05, 0.1) is 14.2 Å². The molecule has 0 aromatic heterocycles. The third-order valence-corrected chi connectivity index (χ3v) is 4.13. The van der Waals surface area contributed by atoms with Crippen LogP contribution >= 0.6 is 24.8 Å². The summed E-state index contributed by atoms with van der Waals surface area (Å²) < 4.78 is 10.6. The molecule has 9 heteroatoms. The summed E-state index contributed by atoms with van der Waals surface area (Å²) in [5.41, 5.74) is 1.08. The number of carbonyl (C=O) groups is 1. The molecule has 1 heterocycles. The van der Waals surface area contributed by atoms with E-state index in [1.165, 1.54) is 0 Å². The van der Waals surface area contributed by atoms with Crippen molar-refractivity contribution in [1.29, 1.82) is 0 Å². The highest BCUT2D eigenvalue weighted by Crippen LogP contribution is 2.31. The first-order valence-electron chi connectivity index (χ1n) is 8.19.